The Hall–Kier alpha value is -1.90. The van der Waals surface area contributed by atoms with Gasteiger partial charge >= 0.3 is 0 Å². The first-order valence-electron chi connectivity index (χ1n) is 5.46. The van der Waals surface area contributed by atoms with Crippen LogP contribution in [-0.4, -0.2) is 9.55 Å². The second kappa shape index (κ2) is 3.30. The highest BCUT2D eigenvalue weighted by Gasteiger charge is 2.19. The van der Waals surface area contributed by atoms with Crippen LogP contribution in [0, 0.1) is 0 Å². The molecule has 0 unspecified atom stereocenters. The molecule has 16 heavy (non-hydrogen) atoms. The Labute approximate surface area is 93.1 Å². The molecule has 1 aromatic carbocycles. The summed E-state index contributed by atoms with van der Waals surface area (Å²) in [7, 11) is 0. The van der Waals surface area contributed by atoms with Crippen LogP contribution in [0.25, 0.3) is 16.5 Å². The molecule has 80 valence electrons. The van der Waals surface area contributed by atoms with Gasteiger partial charge in [-0.2, -0.15) is 0 Å². The van der Waals surface area contributed by atoms with Crippen molar-refractivity contribution in [2.24, 2.45) is 0 Å². The molecule has 0 saturated carbocycles. The lowest BCUT2D eigenvalue weighted by atomic mass is 10.2. The quantitative estimate of drug-likeness (QED) is 0.671. The Morgan fingerprint density at radius 1 is 1.38 bits per heavy atom. The molecule has 0 spiro atoms. The SMILES string of the molecule is C/C=C1/CCn2c1nc1ccccc1c2=O. The fourth-order valence-electron chi connectivity index (χ4n) is 2.24. The highest BCUT2D eigenvalue weighted by Crippen LogP contribution is 2.24. The molecule has 3 heteroatoms. The fraction of sp³-hybridized carbons (Fsp3) is 0.231. The number of rotatable bonds is 0. The van der Waals surface area contributed by atoms with E-state index in [9.17, 15) is 4.79 Å². The highest BCUT2D eigenvalue weighted by molar-refractivity contribution is 5.79. The van der Waals surface area contributed by atoms with Gasteiger partial charge in [0.05, 0.1) is 10.9 Å². The van der Waals surface area contributed by atoms with Crippen molar-refractivity contribution in [2.45, 2.75) is 19.9 Å². The molecule has 0 radical (unpaired) electrons. The van der Waals surface area contributed by atoms with Gasteiger partial charge < -0.3 is 0 Å². The van der Waals surface area contributed by atoms with E-state index in [0.717, 1.165) is 24.3 Å². The van der Waals surface area contributed by atoms with Gasteiger partial charge in [-0.3, -0.25) is 9.36 Å². The zero-order valence-electron chi connectivity index (χ0n) is 9.10. The lowest BCUT2D eigenvalue weighted by Gasteiger charge is -2.04. The lowest BCUT2D eigenvalue weighted by molar-refractivity contribution is 0.725. The minimum Gasteiger partial charge on any atom is -0.292 e. The molecule has 1 aromatic heterocycles. The van der Waals surface area contributed by atoms with Crippen molar-refractivity contribution in [1.82, 2.24) is 9.55 Å². The van der Waals surface area contributed by atoms with Crippen molar-refractivity contribution in [1.29, 1.82) is 0 Å². The van der Waals surface area contributed by atoms with E-state index in [1.54, 1.807) is 4.57 Å². The predicted octanol–water partition coefficient (Wildman–Crippen LogP) is 2.20. The van der Waals surface area contributed by atoms with Crippen LogP contribution in [0.5, 0.6) is 0 Å². The second-order valence-corrected chi connectivity index (χ2v) is 3.97. The van der Waals surface area contributed by atoms with Crippen molar-refractivity contribution in [3.63, 3.8) is 0 Å². The van der Waals surface area contributed by atoms with Gasteiger partial charge in [-0.25, -0.2) is 4.98 Å². The molecule has 0 saturated heterocycles. The van der Waals surface area contributed by atoms with Crippen molar-refractivity contribution >= 4 is 16.5 Å². The minimum absolute atomic E-state index is 0.0810. The summed E-state index contributed by atoms with van der Waals surface area (Å²) < 4.78 is 1.78. The van der Waals surface area contributed by atoms with Gasteiger partial charge in [-0.1, -0.05) is 18.2 Å². The maximum atomic E-state index is 12.2. The molecular formula is C13H12N2O. The number of allylic oxidation sites excluding steroid dienone is 2. The first-order chi connectivity index (χ1) is 7.81. The van der Waals surface area contributed by atoms with Crippen LogP contribution < -0.4 is 5.56 Å². The van der Waals surface area contributed by atoms with Crippen LogP contribution in [0.2, 0.25) is 0 Å². The minimum atomic E-state index is 0.0810. The number of fused-ring (bicyclic) bond motifs is 2. The summed E-state index contributed by atoms with van der Waals surface area (Å²) >= 11 is 0. The van der Waals surface area contributed by atoms with Gasteiger partial charge in [-0.15, -0.1) is 0 Å². The van der Waals surface area contributed by atoms with E-state index in [2.05, 4.69) is 4.98 Å². The normalized spacial score (nSPS) is 16.9. The number of nitrogens with zero attached hydrogens (tertiary/aromatic N) is 2. The van der Waals surface area contributed by atoms with Crippen molar-refractivity contribution in [3.8, 4) is 0 Å². The van der Waals surface area contributed by atoms with E-state index in [1.807, 2.05) is 37.3 Å². The highest BCUT2D eigenvalue weighted by atomic mass is 16.1. The van der Waals surface area contributed by atoms with Crippen LogP contribution in [0.3, 0.4) is 0 Å². The van der Waals surface area contributed by atoms with Crippen LogP contribution in [0.15, 0.2) is 35.1 Å². The molecule has 2 aromatic rings. The Balaban J connectivity index is 2.46. The average molecular weight is 212 g/mol. The molecule has 0 aliphatic carbocycles. The molecule has 1 aliphatic rings. The monoisotopic (exact) mass is 212 g/mol. The third kappa shape index (κ3) is 1.14. The summed E-state index contributed by atoms with van der Waals surface area (Å²) in [6, 6.07) is 7.52. The van der Waals surface area contributed by atoms with Crippen molar-refractivity contribution in [2.75, 3.05) is 0 Å². The molecule has 0 atom stereocenters. The Morgan fingerprint density at radius 2 is 2.19 bits per heavy atom. The van der Waals surface area contributed by atoms with Gasteiger partial charge in [0.2, 0.25) is 0 Å². The summed E-state index contributed by atoms with van der Waals surface area (Å²) in [6.45, 7) is 2.75. The van der Waals surface area contributed by atoms with Gasteiger partial charge in [0.25, 0.3) is 5.56 Å². The van der Waals surface area contributed by atoms with E-state index in [0.29, 0.717) is 5.39 Å². The smallest absolute Gasteiger partial charge is 0.261 e. The van der Waals surface area contributed by atoms with Crippen LogP contribution in [0.4, 0.5) is 0 Å². The zero-order valence-corrected chi connectivity index (χ0v) is 9.10. The van der Waals surface area contributed by atoms with Gasteiger partial charge in [0.15, 0.2) is 0 Å². The second-order valence-electron chi connectivity index (χ2n) is 3.97. The Bertz CT molecular complexity index is 653. The number of para-hydroxylation sites is 1. The number of aromatic nitrogens is 2. The van der Waals surface area contributed by atoms with Crippen LogP contribution in [-0.2, 0) is 6.54 Å². The fourth-order valence-corrected chi connectivity index (χ4v) is 2.24. The molecule has 0 fully saturated rings. The van der Waals surface area contributed by atoms with E-state index < -0.39 is 0 Å². The summed E-state index contributed by atoms with van der Waals surface area (Å²) in [5.74, 6) is 0.839. The molecule has 2 heterocycles. The first kappa shape index (κ1) is 9.33. The third-order valence-electron chi connectivity index (χ3n) is 3.10. The largest absolute Gasteiger partial charge is 0.292 e. The standard InChI is InChI=1S/C13H12N2O/c1-2-9-7-8-15-12(9)14-11-6-4-3-5-10(11)13(15)16/h2-6H,7-8H2,1H3/b9-2-. The van der Waals surface area contributed by atoms with E-state index in [-0.39, 0.29) is 5.56 Å². The summed E-state index contributed by atoms with van der Waals surface area (Å²) in [5.41, 5.74) is 2.04. The number of hydrogen-bond acceptors (Lipinski definition) is 2. The molecular weight excluding hydrogens is 200 g/mol. The average Bonchev–Trinajstić information content (AvgIpc) is 2.72. The maximum Gasteiger partial charge on any atom is 0.261 e. The zero-order chi connectivity index (χ0) is 11.1. The third-order valence-corrected chi connectivity index (χ3v) is 3.10. The molecule has 3 nitrogen and oxygen atoms in total. The number of benzene rings is 1. The molecule has 0 N–H and O–H groups in total. The summed E-state index contributed by atoms with van der Waals surface area (Å²) in [4.78, 5) is 16.7. The Kier molecular flexibility index (Phi) is 1.93. The molecule has 1 aliphatic heterocycles. The predicted molar refractivity (Wildman–Crippen MR) is 64.3 cm³/mol. The summed E-state index contributed by atoms with van der Waals surface area (Å²) in [5, 5.41) is 0.712. The van der Waals surface area contributed by atoms with Crippen LogP contribution >= 0.6 is 0 Å². The molecule has 3 rings (SSSR count). The van der Waals surface area contributed by atoms with E-state index >= 15 is 0 Å². The molecule has 0 bridgehead atoms. The van der Waals surface area contributed by atoms with Gasteiger partial charge in [0, 0.05) is 6.54 Å². The number of hydrogen-bond donors (Lipinski definition) is 0. The van der Waals surface area contributed by atoms with Crippen LogP contribution in [0.1, 0.15) is 19.2 Å². The van der Waals surface area contributed by atoms with Crippen molar-refractivity contribution in [3.05, 3.63) is 46.5 Å². The molecule has 0 amide bonds. The maximum absolute atomic E-state index is 12.2. The van der Waals surface area contributed by atoms with Crippen molar-refractivity contribution < 1.29 is 0 Å². The summed E-state index contributed by atoms with van der Waals surface area (Å²) in [6.07, 6.45) is 2.95. The lowest BCUT2D eigenvalue weighted by Crippen LogP contribution is -2.20. The first-order valence-corrected chi connectivity index (χ1v) is 5.46. The van der Waals surface area contributed by atoms with Gasteiger partial charge in [-0.05, 0) is 31.1 Å². The van der Waals surface area contributed by atoms with Gasteiger partial charge in [0.1, 0.15) is 5.82 Å². The van der Waals surface area contributed by atoms with E-state index in [4.69, 9.17) is 0 Å². The van der Waals surface area contributed by atoms with E-state index in [1.165, 1.54) is 5.57 Å². The topological polar surface area (TPSA) is 34.9 Å². The Morgan fingerprint density at radius 3 is 3.00 bits per heavy atom.